The van der Waals surface area contributed by atoms with Crippen molar-refractivity contribution in [1.29, 1.82) is 0 Å². The van der Waals surface area contributed by atoms with Crippen molar-refractivity contribution in [1.82, 2.24) is 0 Å². The van der Waals surface area contributed by atoms with Crippen LogP contribution in [-0.2, 0) is 14.3 Å². The zero-order valence-electron chi connectivity index (χ0n) is 17.3. The molecule has 3 saturated carbocycles. The van der Waals surface area contributed by atoms with E-state index in [0.29, 0.717) is 17.8 Å². The topological polar surface area (TPSA) is 68.1 Å². The lowest BCUT2D eigenvalue weighted by Crippen LogP contribution is -2.51. The SMILES string of the molecule is CC(=O)O[C@H]1CC[C@@]2(C)C(=CC[C@@H]3[C@H]4CC[C@@H](C(=O)C5N=N5)[C@@]4(C)CC[C@H]32)C1. The quantitative estimate of drug-likeness (QED) is 0.515. The first-order valence-corrected chi connectivity index (χ1v) is 11.1. The molecule has 4 aliphatic carbocycles. The first kappa shape index (κ1) is 18.5. The standard InChI is InChI=1S/C23H32N2O3/c1-13(26)28-15-8-10-22(2)14(12-15)4-5-16-17-6-7-19(20(27)21-24-25-21)23(17,3)11-9-18(16)22/h4,15-19,21H,5-12H2,1-3H3/t15-,16+,17+,18+,19-,22-,23-/m0/s1. The van der Waals surface area contributed by atoms with E-state index in [1.54, 1.807) is 0 Å². The minimum absolute atomic E-state index is 0.0572. The number of hydrogen-bond donors (Lipinski definition) is 0. The molecule has 0 bridgehead atoms. The highest BCUT2D eigenvalue weighted by molar-refractivity contribution is 5.88. The van der Waals surface area contributed by atoms with Gasteiger partial charge in [0.2, 0.25) is 6.17 Å². The lowest BCUT2D eigenvalue weighted by molar-refractivity contribution is -0.149. The fourth-order valence-electron chi connectivity index (χ4n) is 7.76. The predicted molar refractivity (Wildman–Crippen MR) is 104 cm³/mol. The monoisotopic (exact) mass is 384 g/mol. The van der Waals surface area contributed by atoms with E-state index >= 15 is 0 Å². The second-order valence-electron chi connectivity index (χ2n) is 10.4. The highest BCUT2D eigenvalue weighted by Crippen LogP contribution is 2.66. The maximum absolute atomic E-state index is 12.8. The predicted octanol–water partition coefficient (Wildman–Crippen LogP) is 4.86. The lowest BCUT2D eigenvalue weighted by Gasteiger charge is -2.58. The second kappa shape index (κ2) is 6.24. The normalized spacial score (nSPS) is 46.8. The van der Waals surface area contributed by atoms with E-state index in [-0.39, 0.29) is 40.8 Å². The van der Waals surface area contributed by atoms with Crippen LogP contribution in [0.4, 0.5) is 0 Å². The van der Waals surface area contributed by atoms with E-state index in [1.165, 1.54) is 25.3 Å². The third-order valence-electron chi connectivity index (χ3n) is 9.22. The Balaban J connectivity index is 1.38. The van der Waals surface area contributed by atoms with Crippen LogP contribution < -0.4 is 0 Å². The summed E-state index contributed by atoms with van der Waals surface area (Å²) in [5, 5.41) is 7.84. The molecule has 1 heterocycles. The van der Waals surface area contributed by atoms with E-state index < -0.39 is 0 Å². The van der Waals surface area contributed by atoms with Gasteiger partial charge in [-0.25, -0.2) is 0 Å². The minimum Gasteiger partial charge on any atom is -0.462 e. The summed E-state index contributed by atoms with van der Waals surface area (Å²) in [5.74, 6) is 2.29. The molecule has 3 fully saturated rings. The molecule has 0 aromatic rings. The van der Waals surface area contributed by atoms with Gasteiger partial charge in [-0.2, -0.15) is 10.2 Å². The zero-order chi connectivity index (χ0) is 19.7. The Labute approximate surface area is 167 Å². The van der Waals surface area contributed by atoms with Crippen LogP contribution >= 0.6 is 0 Å². The van der Waals surface area contributed by atoms with Crippen molar-refractivity contribution in [2.75, 3.05) is 0 Å². The average molecular weight is 385 g/mol. The number of esters is 1. The van der Waals surface area contributed by atoms with Crippen LogP contribution in [0.25, 0.3) is 0 Å². The van der Waals surface area contributed by atoms with Gasteiger partial charge in [0, 0.05) is 19.3 Å². The largest absolute Gasteiger partial charge is 0.462 e. The second-order valence-corrected chi connectivity index (χ2v) is 10.4. The molecule has 5 nitrogen and oxygen atoms in total. The molecule has 0 aromatic carbocycles. The molecule has 0 unspecified atom stereocenters. The average Bonchev–Trinajstić information content (AvgIpc) is 3.43. The molecule has 7 atom stereocenters. The highest BCUT2D eigenvalue weighted by atomic mass is 16.5. The number of ketones is 1. The maximum Gasteiger partial charge on any atom is 0.302 e. The number of allylic oxidation sites excluding steroid dienone is 1. The molecule has 1 aliphatic heterocycles. The fourth-order valence-corrected chi connectivity index (χ4v) is 7.76. The van der Waals surface area contributed by atoms with Gasteiger partial charge in [0.1, 0.15) is 6.10 Å². The third-order valence-corrected chi connectivity index (χ3v) is 9.22. The molecule has 5 aliphatic rings. The smallest absolute Gasteiger partial charge is 0.302 e. The molecule has 5 heteroatoms. The first-order valence-electron chi connectivity index (χ1n) is 11.1. The summed E-state index contributed by atoms with van der Waals surface area (Å²) in [6.45, 7) is 6.36. The van der Waals surface area contributed by atoms with Crippen molar-refractivity contribution < 1.29 is 14.3 Å². The van der Waals surface area contributed by atoms with Gasteiger partial charge in [0.15, 0.2) is 5.78 Å². The Morgan fingerprint density at radius 2 is 1.86 bits per heavy atom. The van der Waals surface area contributed by atoms with Gasteiger partial charge in [0.25, 0.3) is 0 Å². The first-order chi connectivity index (χ1) is 13.3. The molecular weight excluding hydrogens is 352 g/mol. The van der Waals surface area contributed by atoms with Crippen molar-refractivity contribution in [3.63, 3.8) is 0 Å². The number of hydrogen-bond acceptors (Lipinski definition) is 5. The van der Waals surface area contributed by atoms with Gasteiger partial charge in [-0.15, -0.1) is 0 Å². The maximum atomic E-state index is 12.8. The summed E-state index contributed by atoms with van der Waals surface area (Å²) in [7, 11) is 0. The summed E-state index contributed by atoms with van der Waals surface area (Å²) in [5.41, 5.74) is 1.89. The molecule has 0 spiro atoms. The van der Waals surface area contributed by atoms with Crippen LogP contribution in [0.1, 0.15) is 72.1 Å². The molecule has 0 saturated heterocycles. The summed E-state index contributed by atoms with van der Waals surface area (Å²) in [6.07, 6.45) is 10.9. The minimum atomic E-state index is -0.342. The molecule has 0 amide bonds. The van der Waals surface area contributed by atoms with Crippen LogP contribution in [0.2, 0.25) is 0 Å². The molecule has 0 N–H and O–H groups in total. The molecule has 0 radical (unpaired) electrons. The third kappa shape index (κ3) is 2.64. The van der Waals surface area contributed by atoms with Gasteiger partial charge in [-0.1, -0.05) is 25.5 Å². The number of fused-ring (bicyclic) bond motifs is 5. The molecule has 0 aromatic heterocycles. The molecule has 28 heavy (non-hydrogen) atoms. The Morgan fingerprint density at radius 3 is 2.57 bits per heavy atom. The van der Waals surface area contributed by atoms with Crippen molar-refractivity contribution in [2.24, 2.45) is 44.7 Å². The molecule has 5 rings (SSSR count). The fraction of sp³-hybridized carbons (Fsp3) is 0.826. The van der Waals surface area contributed by atoms with Crippen molar-refractivity contribution in [3.05, 3.63) is 11.6 Å². The highest BCUT2D eigenvalue weighted by Gasteiger charge is 2.60. The Hall–Kier alpha value is -1.52. The van der Waals surface area contributed by atoms with E-state index in [4.69, 9.17) is 4.74 Å². The lowest BCUT2D eigenvalue weighted by atomic mass is 9.47. The number of Topliss-reactive ketones (excluding diaryl/α,β-unsaturated/α-hetero) is 1. The number of rotatable bonds is 3. The number of nitrogens with zero attached hydrogens (tertiary/aromatic N) is 2. The van der Waals surface area contributed by atoms with Crippen molar-refractivity contribution in [3.8, 4) is 0 Å². The van der Waals surface area contributed by atoms with Crippen LogP contribution in [0, 0.1) is 34.5 Å². The molecule has 152 valence electrons. The zero-order valence-corrected chi connectivity index (χ0v) is 17.3. The Kier molecular flexibility index (Phi) is 4.12. The van der Waals surface area contributed by atoms with E-state index in [1.807, 2.05) is 0 Å². The van der Waals surface area contributed by atoms with Gasteiger partial charge < -0.3 is 4.74 Å². The van der Waals surface area contributed by atoms with Gasteiger partial charge in [-0.3, -0.25) is 9.59 Å². The molecular formula is C23H32N2O3. The Bertz CT molecular complexity index is 768. The Morgan fingerprint density at radius 1 is 1.07 bits per heavy atom. The van der Waals surface area contributed by atoms with Gasteiger partial charge in [-0.05, 0) is 73.5 Å². The summed E-state index contributed by atoms with van der Waals surface area (Å²) >= 11 is 0. The van der Waals surface area contributed by atoms with E-state index in [2.05, 4.69) is 30.2 Å². The number of carbonyl (C=O) groups excluding carboxylic acids is 2. The number of carbonyl (C=O) groups is 2. The van der Waals surface area contributed by atoms with Gasteiger partial charge >= 0.3 is 5.97 Å². The summed E-state index contributed by atoms with van der Waals surface area (Å²) in [6, 6.07) is 0. The van der Waals surface area contributed by atoms with E-state index in [9.17, 15) is 9.59 Å². The van der Waals surface area contributed by atoms with Gasteiger partial charge in [0.05, 0.1) is 0 Å². The van der Waals surface area contributed by atoms with Crippen LogP contribution in [-0.4, -0.2) is 24.0 Å². The van der Waals surface area contributed by atoms with Crippen molar-refractivity contribution in [2.45, 2.75) is 84.4 Å². The van der Waals surface area contributed by atoms with E-state index in [0.717, 1.165) is 38.5 Å². The number of ether oxygens (including phenoxy) is 1. The van der Waals surface area contributed by atoms with Crippen LogP contribution in [0.3, 0.4) is 0 Å². The van der Waals surface area contributed by atoms with Crippen LogP contribution in [0.5, 0.6) is 0 Å². The van der Waals surface area contributed by atoms with Crippen LogP contribution in [0.15, 0.2) is 21.9 Å². The summed E-state index contributed by atoms with van der Waals surface area (Å²) < 4.78 is 5.54. The van der Waals surface area contributed by atoms with Crippen molar-refractivity contribution >= 4 is 11.8 Å². The summed E-state index contributed by atoms with van der Waals surface area (Å²) in [4.78, 5) is 24.2.